The second kappa shape index (κ2) is 9.06. The van der Waals surface area contributed by atoms with Gasteiger partial charge in [0.25, 0.3) is 11.8 Å². The van der Waals surface area contributed by atoms with Gasteiger partial charge in [-0.05, 0) is 42.0 Å². The molecule has 0 radical (unpaired) electrons. The van der Waals surface area contributed by atoms with E-state index in [1.165, 1.54) is 23.8 Å². The Bertz CT molecular complexity index is 1150. The number of benzene rings is 2. The van der Waals surface area contributed by atoms with Crippen LogP contribution in [0, 0.1) is 0 Å². The maximum Gasteiger partial charge on any atom is 0.268 e. The molecule has 0 unspecified atom stereocenters. The molecule has 2 heterocycles. The Morgan fingerprint density at radius 3 is 2.29 bits per heavy atom. The smallest absolute Gasteiger partial charge is 0.268 e. The molecule has 1 aliphatic rings. The summed E-state index contributed by atoms with van der Waals surface area (Å²) in [5, 5.41) is 0. The minimum Gasteiger partial charge on any atom is -0.493 e. The fourth-order valence-corrected chi connectivity index (χ4v) is 4.33. The summed E-state index contributed by atoms with van der Waals surface area (Å²) >= 11 is 1.28. The van der Waals surface area contributed by atoms with Crippen LogP contribution in [0.4, 0.5) is 0 Å². The van der Waals surface area contributed by atoms with E-state index in [-0.39, 0.29) is 18.4 Å². The number of thioether (sulfide) groups is 1. The third-order valence-electron chi connectivity index (χ3n) is 4.81. The molecule has 156 valence electrons. The maximum absolute atomic E-state index is 13.4. The van der Waals surface area contributed by atoms with Crippen LogP contribution in [0.3, 0.4) is 0 Å². The first kappa shape index (κ1) is 20.7. The predicted octanol–water partition coefficient (Wildman–Crippen LogP) is 4.17. The van der Waals surface area contributed by atoms with Crippen molar-refractivity contribution >= 4 is 29.1 Å². The van der Waals surface area contributed by atoms with Crippen LogP contribution in [0.25, 0.3) is 5.57 Å². The first-order valence-electron chi connectivity index (χ1n) is 9.58. The molecule has 0 fully saturated rings. The van der Waals surface area contributed by atoms with Gasteiger partial charge in [-0.15, -0.1) is 0 Å². The molecule has 6 nitrogen and oxygen atoms in total. The SMILES string of the molecule is COc1ccc(C2=C(Sc3ccccc3)C(=O)N(Cc3ccccn3)C2=O)cc1OC. The molecule has 0 N–H and O–H groups in total. The summed E-state index contributed by atoms with van der Waals surface area (Å²) in [6.07, 6.45) is 1.64. The molecular formula is C24H20N2O4S. The number of ether oxygens (including phenoxy) is 2. The summed E-state index contributed by atoms with van der Waals surface area (Å²) in [5.41, 5.74) is 1.58. The Balaban J connectivity index is 1.78. The molecule has 0 saturated carbocycles. The van der Waals surface area contributed by atoms with Crippen LogP contribution >= 0.6 is 11.8 Å². The first-order chi connectivity index (χ1) is 15.1. The zero-order chi connectivity index (χ0) is 21.8. The predicted molar refractivity (Wildman–Crippen MR) is 119 cm³/mol. The summed E-state index contributed by atoms with van der Waals surface area (Å²) < 4.78 is 10.7. The molecule has 31 heavy (non-hydrogen) atoms. The third kappa shape index (κ3) is 4.18. The van der Waals surface area contributed by atoms with Crippen molar-refractivity contribution in [3.05, 3.63) is 89.1 Å². The summed E-state index contributed by atoms with van der Waals surface area (Å²) in [6.45, 7) is 0.105. The highest BCUT2D eigenvalue weighted by molar-refractivity contribution is 8.04. The molecule has 2 aromatic carbocycles. The standard InChI is InChI=1S/C24H20N2O4S/c1-29-19-12-11-16(14-20(19)30-2)21-22(31-18-9-4-3-5-10-18)24(28)26(23(21)27)15-17-8-6-7-13-25-17/h3-14H,15H2,1-2H3. The number of imide groups is 1. The molecule has 3 aromatic rings. The Morgan fingerprint density at radius 1 is 0.871 bits per heavy atom. The van der Waals surface area contributed by atoms with Gasteiger partial charge >= 0.3 is 0 Å². The molecule has 0 aliphatic carbocycles. The summed E-state index contributed by atoms with van der Waals surface area (Å²) in [6, 6.07) is 20.1. The number of carbonyl (C=O) groups excluding carboxylic acids is 2. The van der Waals surface area contributed by atoms with Crippen LogP contribution in [0.1, 0.15) is 11.3 Å². The number of rotatable bonds is 7. The van der Waals surface area contributed by atoms with Gasteiger partial charge in [0.2, 0.25) is 0 Å². The van der Waals surface area contributed by atoms with Crippen LogP contribution in [0.2, 0.25) is 0 Å². The van der Waals surface area contributed by atoms with E-state index >= 15 is 0 Å². The zero-order valence-electron chi connectivity index (χ0n) is 17.1. The van der Waals surface area contributed by atoms with Gasteiger partial charge in [0.05, 0.1) is 36.9 Å². The highest BCUT2D eigenvalue weighted by Crippen LogP contribution is 2.41. The quantitative estimate of drug-likeness (QED) is 0.522. The monoisotopic (exact) mass is 432 g/mol. The molecule has 0 spiro atoms. The van der Waals surface area contributed by atoms with E-state index in [9.17, 15) is 9.59 Å². The Hall–Kier alpha value is -3.58. The lowest BCUT2D eigenvalue weighted by Crippen LogP contribution is -2.31. The van der Waals surface area contributed by atoms with E-state index in [0.29, 0.717) is 33.2 Å². The van der Waals surface area contributed by atoms with Gasteiger partial charge in [-0.2, -0.15) is 0 Å². The molecule has 2 amide bonds. The van der Waals surface area contributed by atoms with E-state index in [4.69, 9.17) is 9.47 Å². The highest BCUT2D eigenvalue weighted by Gasteiger charge is 2.39. The summed E-state index contributed by atoms with van der Waals surface area (Å²) in [4.78, 5) is 33.5. The molecule has 0 bridgehead atoms. The number of carbonyl (C=O) groups is 2. The van der Waals surface area contributed by atoms with E-state index < -0.39 is 0 Å². The second-order valence-electron chi connectivity index (χ2n) is 6.71. The largest absolute Gasteiger partial charge is 0.493 e. The maximum atomic E-state index is 13.4. The zero-order valence-corrected chi connectivity index (χ0v) is 17.9. The fraction of sp³-hybridized carbons (Fsp3) is 0.125. The second-order valence-corrected chi connectivity index (χ2v) is 7.79. The van der Waals surface area contributed by atoms with Crippen molar-refractivity contribution in [1.29, 1.82) is 0 Å². The van der Waals surface area contributed by atoms with Crippen molar-refractivity contribution in [2.75, 3.05) is 14.2 Å². The van der Waals surface area contributed by atoms with Gasteiger partial charge in [-0.25, -0.2) is 0 Å². The van der Waals surface area contributed by atoms with Crippen molar-refractivity contribution in [1.82, 2.24) is 9.88 Å². The number of aromatic nitrogens is 1. The number of hydrogen-bond donors (Lipinski definition) is 0. The van der Waals surface area contributed by atoms with Gasteiger partial charge in [0.1, 0.15) is 0 Å². The highest BCUT2D eigenvalue weighted by atomic mass is 32.2. The molecular weight excluding hydrogens is 412 g/mol. The number of amides is 2. The molecule has 0 saturated heterocycles. The fourth-order valence-electron chi connectivity index (χ4n) is 3.30. The van der Waals surface area contributed by atoms with Crippen molar-refractivity contribution in [3.8, 4) is 11.5 Å². The van der Waals surface area contributed by atoms with Crippen molar-refractivity contribution in [3.63, 3.8) is 0 Å². The van der Waals surface area contributed by atoms with E-state index in [1.807, 2.05) is 36.4 Å². The summed E-state index contributed by atoms with van der Waals surface area (Å²) in [7, 11) is 3.08. The molecule has 1 aromatic heterocycles. The summed E-state index contributed by atoms with van der Waals surface area (Å²) in [5.74, 6) is 0.335. The number of methoxy groups -OCH3 is 2. The third-order valence-corrected chi connectivity index (χ3v) is 5.90. The van der Waals surface area contributed by atoms with Gasteiger partial charge < -0.3 is 9.47 Å². The average Bonchev–Trinajstić information content (AvgIpc) is 3.04. The van der Waals surface area contributed by atoms with Crippen molar-refractivity contribution in [2.24, 2.45) is 0 Å². The Morgan fingerprint density at radius 2 is 1.61 bits per heavy atom. The van der Waals surface area contributed by atoms with Crippen LogP contribution in [-0.4, -0.2) is 35.9 Å². The lowest BCUT2D eigenvalue weighted by molar-refractivity contribution is -0.137. The van der Waals surface area contributed by atoms with Crippen molar-refractivity contribution in [2.45, 2.75) is 11.4 Å². The number of pyridine rings is 1. The number of hydrogen-bond acceptors (Lipinski definition) is 6. The van der Waals surface area contributed by atoms with Crippen LogP contribution in [-0.2, 0) is 16.1 Å². The molecule has 7 heteroatoms. The van der Waals surface area contributed by atoms with Gasteiger partial charge in [-0.3, -0.25) is 19.5 Å². The van der Waals surface area contributed by atoms with Crippen molar-refractivity contribution < 1.29 is 19.1 Å². The average molecular weight is 433 g/mol. The Labute approximate surface area is 184 Å². The van der Waals surface area contributed by atoms with Gasteiger partial charge in [-0.1, -0.05) is 42.1 Å². The van der Waals surface area contributed by atoms with E-state index in [2.05, 4.69) is 4.98 Å². The lowest BCUT2D eigenvalue weighted by atomic mass is 10.1. The van der Waals surface area contributed by atoms with Crippen LogP contribution < -0.4 is 9.47 Å². The molecule has 4 rings (SSSR count). The number of nitrogens with zero attached hydrogens (tertiary/aromatic N) is 2. The topological polar surface area (TPSA) is 68.7 Å². The Kier molecular flexibility index (Phi) is 6.04. The minimum absolute atomic E-state index is 0.105. The first-order valence-corrected chi connectivity index (χ1v) is 10.4. The van der Waals surface area contributed by atoms with Crippen LogP contribution in [0.15, 0.2) is 82.7 Å². The minimum atomic E-state index is -0.360. The van der Waals surface area contributed by atoms with E-state index in [1.54, 1.807) is 43.6 Å². The van der Waals surface area contributed by atoms with Gasteiger partial charge in [0.15, 0.2) is 11.5 Å². The van der Waals surface area contributed by atoms with E-state index in [0.717, 1.165) is 4.90 Å². The lowest BCUT2D eigenvalue weighted by Gasteiger charge is -2.15. The van der Waals surface area contributed by atoms with Gasteiger partial charge in [0, 0.05) is 11.1 Å². The molecule has 0 atom stereocenters. The van der Waals surface area contributed by atoms with Crippen LogP contribution in [0.5, 0.6) is 11.5 Å². The molecule has 1 aliphatic heterocycles. The normalized spacial score (nSPS) is 13.7.